The van der Waals surface area contributed by atoms with Crippen LogP contribution in [0.4, 0.5) is 5.69 Å². The maximum absolute atomic E-state index is 5.89. The van der Waals surface area contributed by atoms with Gasteiger partial charge in [0.05, 0.1) is 7.11 Å². The van der Waals surface area contributed by atoms with Gasteiger partial charge in [-0.3, -0.25) is 0 Å². The van der Waals surface area contributed by atoms with Crippen LogP contribution in [0, 0.1) is 5.92 Å². The van der Waals surface area contributed by atoms with E-state index >= 15 is 0 Å². The van der Waals surface area contributed by atoms with Gasteiger partial charge in [0.15, 0.2) is 0 Å². The van der Waals surface area contributed by atoms with Gasteiger partial charge in [-0.05, 0) is 38.3 Å². The van der Waals surface area contributed by atoms with Gasteiger partial charge in [0.2, 0.25) is 5.88 Å². The van der Waals surface area contributed by atoms with Gasteiger partial charge in [-0.15, -0.1) is 0 Å². The average molecular weight is 249 g/mol. The van der Waals surface area contributed by atoms with E-state index in [2.05, 4.69) is 22.9 Å². The Balaban J connectivity index is 2.21. The molecule has 2 N–H and O–H groups in total. The third-order valence-electron chi connectivity index (χ3n) is 3.92. The van der Waals surface area contributed by atoms with Crippen molar-refractivity contribution in [3.63, 3.8) is 0 Å². The summed E-state index contributed by atoms with van der Waals surface area (Å²) in [6.07, 6.45) is 5.58. The first-order chi connectivity index (χ1) is 8.80. The third-order valence-corrected chi connectivity index (χ3v) is 3.92. The van der Waals surface area contributed by atoms with Crippen LogP contribution in [0.5, 0.6) is 5.88 Å². The molecule has 1 aliphatic rings. The van der Waals surface area contributed by atoms with Gasteiger partial charge < -0.3 is 15.4 Å². The summed E-state index contributed by atoms with van der Waals surface area (Å²) < 4.78 is 5.20. The zero-order valence-electron chi connectivity index (χ0n) is 11.3. The molecule has 2 rings (SSSR count). The van der Waals surface area contributed by atoms with Crippen molar-refractivity contribution in [1.29, 1.82) is 0 Å². The van der Waals surface area contributed by atoms with Gasteiger partial charge in [0, 0.05) is 30.5 Å². The average Bonchev–Trinajstić information content (AvgIpc) is 2.88. The lowest BCUT2D eigenvalue weighted by molar-refractivity contribution is 0.397. The van der Waals surface area contributed by atoms with E-state index in [0.29, 0.717) is 17.8 Å². The van der Waals surface area contributed by atoms with Crippen molar-refractivity contribution in [2.24, 2.45) is 11.7 Å². The van der Waals surface area contributed by atoms with E-state index in [4.69, 9.17) is 10.5 Å². The lowest BCUT2D eigenvalue weighted by atomic mass is 10.0. The topological polar surface area (TPSA) is 51.4 Å². The van der Waals surface area contributed by atoms with Crippen LogP contribution in [0.2, 0.25) is 0 Å². The molecular weight excluding hydrogens is 226 g/mol. The number of anilines is 1. The van der Waals surface area contributed by atoms with Crippen molar-refractivity contribution < 1.29 is 4.74 Å². The minimum Gasteiger partial charge on any atom is -0.481 e. The Kier molecular flexibility index (Phi) is 4.42. The minimum atomic E-state index is 0.562. The van der Waals surface area contributed by atoms with Crippen LogP contribution in [-0.4, -0.2) is 31.2 Å². The number of nitrogens with two attached hydrogens (primary N) is 1. The second-order valence-corrected chi connectivity index (χ2v) is 4.84. The Morgan fingerprint density at radius 3 is 3.00 bits per heavy atom. The number of aromatic nitrogens is 1. The Hall–Kier alpha value is -1.29. The molecule has 0 radical (unpaired) electrons. The van der Waals surface area contributed by atoms with Crippen LogP contribution in [0.1, 0.15) is 26.2 Å². The fourth-order valence-corrected chi connectivity index (χ4v) is 3.00. The molecule has 1 saturated carbocycles. The molecule has 0 amide bonds. The second-order valence-electron chi connectivity index (χ2n) is 4.84. The normalized spacial score (nSPS) is 23.1. The number of hydrogen-bond acceptors (Lipinski definition) is 4. The van der Waals surface area contributed by atoms with Gasteiger partial charge in [-0.25, -0.2) is 4.98 Å². The molecule has 0 spiro atoms. The van der Waals surface area contributed by atoms with E-state index in [1.165, 1.54) is 24.9 Å². The van der Waals surface area contributed by atoms with Gasteiger partial charge >= 0.3 is 0 Å². The van der Waals surface area contributed by atoms with E-state index in [1.807, 2.05) is 12.3 Å². The van der Waals surface area contributed by atoms with Gasteiger partial charge in [-0.1, -0.05) is 6.42 Å². The zero-order chi connectivity index (χ0) is 13.0. The summed E-state index contributed by atoms with van der Waals surface area (Å²) in [7, 11) is 1.65. The summed E-state index contributed by atoms with van der Waals surface area (Å²) in [6.45, 7) is 3.97. The molecule has 1 aliphatic carbocycles. The van der Waals surface area contributed by atoms with E-state index in [9.17, 15) is 0 Å². The van der Waals surface area contributed by atoms with Crippen molar-refractivity contribution in [2.45, 2.75) is 32.2 Å². The monoisotopic (exact) mass is 249 g/mol. The SMILES string of the molecule is CCN(c1ccnc(OC)c1)C1CCCC1CN. The number of pyridine rings is 1. The molecule has 100 valence electrons. The van der Waals surface area contributed by atoms with Crippen molar-refractivity contribution in [3.8, 4) is 5.88 Å². The highest BCUT2D eigenvalue weighted by molar-refractivity contribution is 5.49. The number of methoxy groups -OCH3 is 1. The molecule has 18 heavy (non-hydrogen) atoms. The molecule has 2 atom stereocenters. The number of rotatable bonds is 5. The Morgan fingerprint density at radius 1 is 1.50 bits per heavy atom. The van der Waals surface area contributed by atoms with Crippen molar-refractivity contribution in [3.05, 3.63) is 18.3 Å². The quantitative estimate of drug-likeness (QED) is 0.867. The summed E-state index contributed by atoms with van der Waals surface area (Å²) in [6, 6.07) is 4.62. The molecule has 0 bridgehead atoms. The van der Waals surface area contributed by atoms with Gasteiger partial charge in [0.1, 0.15) is 0 Å². The molecule has 4 heteroatoms. The first-order valence-electron chi connectivity index (χ1n) is 6.77. The summed E-state index contributed by atoms with van der Waals surface area (Å²) >= 11 is 0. The predicted molar refractivity (Wildman–Crippen MR) is 74.0 cm³/mol. The fraction of sp³-hybridized carbons (Fsp3) is 0.643. The lowest BCUT2D eigenvalue weighted by Crippen LogP contribution is -2.40. The first kappa shape index (κ1) is 13.1. The number of nitrogens with zero attached hydrogens (tertiary/aromatic N) is 2. The summed E-state index contributed by atoms with van der Waals surface area (Å²) in [5.74, 6) is 1.29. The summed E-state index contributed by atoms with van der Waals surface area (Å²) in [5, 5.41) is 0. The van der Waals surface area contributed by atoms with Gasteiger partial charge in [-0.2, -0.15) is 0 Å². The molecular formula is C14H23N3O. The molecule has 4 nitrogen and oxygen atoms in total. The summed E-state index contributed by atoms with van der Waals surface area (Å²) in [5.41, 5.74) is 7.08. The van der Waals surface area contributed by atoms with Crippen LogP contribution in [-0.2, 0) is 0 Å². The number of ether oxygens (including phenoxy) is 1. The molecule has 1 fully saturated rings. The highest BCUT2D eigenvalue weighted by Gasteiger charge is 2.30. The molecule has 0 aromatic carbocycles. The molecule has 1 aromatic heterocycles. The summed E-state index contributed by atoms with van der Waals surface area (Å²) in [4.78, 5) is 6.61. The molecule has 1 heterocycles. The highest BCUT2D eigenvalue weighted by Crippen LogP contribution is 2.33. The standard InChI is InChI=1S/C14H23N3O/c1-3-17(13-6-4-5-11(13)10-15)12-7-8-16-14(9-12)18-2/h7-9,11,13H,3-6,10,15H2,1-2H3. The smallest absolute Gasteiger partial charge is 0.214 e. The van der Waals surface area contributed by atoms with Crippen molar-refractivity contribution in [1.82, 2.24) is 4.98 Å². The van der Waals surface area contributed by atoms with Crippen molar-refractivity contribution >= 4 is 5.69 Å². The van der Waals surface area contributed by atoms with Crippen LogP contribution in [0.25, 0.3) is 0 Å². The van der Waals surface area contributed by atoms with Gasteiger partial charge in [0.25, 0.3) is 0 Å². The maximum atomic E-state index is 5.89. The van der Waals surface area contributed by atoms with E-state index < -0.39 is 0 Å². The van der Waals surface area contributed by atoms with Crippen LogP contribution >= 0.6 is 0 Å². The highest BCUT2D eigenvalue weighted by atomic mass is 16.5. The first-order valence-corrected chi connectivity index (χ1v) is 6.77. The third kappa shape index (κ3) is 2.58. The van der Waals surface area contributed by atoms with Crippen molar-refractivity contribution in [2.75, 3.05) is 25.1 Å². The Labute approximate surface area is 109 Å². The largest absolute Gasteiger partial charge is 0.481 e. The van der Waals surface area contributed by atoms with Crippen LogP contribution in [0.3, 0.4) is 0 Å². The maximum Gasteiger partial charge on any atom is 0.214 e. The zero-order valence-corrected chi connectivity index (χ0v) is 11.3. The Morgan fingerprint density at radius 2 is 2.33 bits per heavy atom. The minimum absolute atomic E-state index is 0.562. The molecule has 1 aromatic rings. The van der Waals surface area contributed by atoms with Crippen LogP contribution < -0.4 is 15.4 Å². The Bertz CT molecular complexity index is 383. The van der Waals surface area contributed by atoms with Crippen LogP contribution in [0.15, 0.2) is 18.3 Å². The fourth-order valence-electron chi connectivity index (χ4n) is 3.00. The van der Waals surface area contributed by atoms with E-state index in [0.717, 1.165) is 13.1 Å². The van der Waals surface area contributed by atoms with E-state index in [1.54, 1.807) is 7.11 Å². The van der Waals surface area contributed by atoms with E-state index in [-0.39, 0.29) is 0 Å². The molecule has 2 unspecified atom stereocenters. The lowest BCUT2D eigenvalue weighted by Gasteiger charge is -2.33. The molecule has 0 aliphatic heterocycles. The number of hydrogen-bond donors (Lipinski definition) is 1. The second kappa shape index (κ2) is 6.05. The molecule has 0 saturated heterocycles. The predicted octanol–water partition coefficient (Wildman–Crippen LogP) is 2.04.